The van der Waals surface area contributed by atoms with Crippen molar-refractivity contribution in [1.82, 2.24) is 4.31 Å². The Kier molecular flexibility index (Phi) is 5.27. The van der Waals surface area contributed by atoms with Gasteiger partial charge in [0.05, 0.1) is 11.6 Å². The van der Waals surface area contributed by atoms with Gasteiger partial charge in [0.15, 0.2) is 0 Å². The largest absolute Gasteiger partial charge is 0.396 e. The summed E-state index contributed by atoms with van der Waals surface area (Å²) in [6, 6.07) is 3.24. The predicted molar refractivity (Wildman–Crippen MR) is 83.7 cm³/mol. The van der Waals surface area contributed by atoms with E-state index in [1.807, 2.05) is 0 Å². The smallest absolute Gasteiger partial charge is 0.244 e. The van der Waals surface area contributed by atoms with Gasteiger partial charge in [-0.05, 0) is 37.5 Å². The third-order valence-electron chi connectivity index (χ3n) is 4.05. The van der Waals surface area contributed by atoms with Crippen LogP contribution in [0, 0.1) is 11.2 Å². The minimum atomic E-state index is -3.82. The van der Waals surface area contributed by atoms with E-state index < -0.39 is 21.3 Å². The summed E-state index contributed by atoms with van der Waals surface area (Å²) in [5, 5.41) is 9.54. The van der Waals surface area contributed by atoms with E-state index in [0.717, 1.165) is 18.6 Å². The monoisotopic (exact) mass is 347 g/mol. The van der Waals surface area contributed by atoms with Crippen LogP contribution >= 0.6 is 11.6 Å². The number of nitrogens with zero attached hydrogens (tertiary/aromatic N) is 1. The van der Waals surface area contributed by atoms with Crippen LogP contribution in [0.25, 0.3) is 0 Å². The highest BCUT2D eigenvalue weighted by Crippen LogP contribution is 2.36. The summed E-state index contributed by atoms with van der Waals surface area (Å²) in [5.74, 6) is -0.584. The zero-order chi connectivity index (χ0) is 16.4. The zero-order valence-electron chi connectivity index (χ0n) is 12.1. The molecule has 0 amide bonds. The highest BCUT2D eigenvalue weighted by molar-refractivity contribution is 7.89. The average Bonchev–Trinajstić information content (AvgIpc) is 2.47. The van der Waals surface area contributed by atoms with Crippen molar-refractivity contribution in [2.45, 2.75) is 24.2 Å². The normalized spacial score (nSPS) is 23.4. The van der Waals surface area contributed by atoms with Gasteiger partial charge in [-0.3, -0.25) is 0 Å². The number of benzene rings is 1. The molecule has 2 rings (SSSR count). The molecule has 0 bridgehead atoms. The molecule has 0 saturated carbocycles. The number of allylic oxidation sites excluding steroid dienone is 1. The summed E-state index contributed by atoms with van der Waals surface area (Å²) < 4.78 is 39.9. The SMILES string of the molecule is C=CC[C@@]1(CO)CCCN(S(=O)(=O)c2ccc(F)cc2Cl)C1. The summed E-state index contributed by atoms with van der Waals surface area (Å²) in [6.07, 6.45) is 3.61. The number of piperidine rings is 1. The summed E-state index contributed by atoms with van der Waals surface area (Å²) in [6.45, 7) is 4.12. The molecular formula is C15H19ClFNO3S. The number of rotatable bonds is 5. The first-order chi connectivity index (χ1) is 10.3. The van der Waals surface area contributed by atoms with E-state index in [1.165, 1.54) is 10.4 Å². The first kappa shape index (κ1) is 17.4. The van der Waals surface area contributed by atoms with E-state index in [-0.39, 0.29) is 23.1 Å². The molecule has 122 valence electrons. The summed E-state index contributed by atoms with van der Waals surface area (Å²) in [5.41, 5.74) is -0.514. The van der Waals surface area contributed by atoms with Gasteiger partial charge in [0.2, 0.25) is 10.0 Å². The van der Waals surface area contributed by atoms with E-state index in [2.05, 4.69) is 6.58 Å². The van der Waals surface area contributed by atoms with Crippen molar-refractivity contribution in [3.05, 3.63) is 41.7 Å². The topological polar surface area (TPSA) is 57.6 Å². The molecule has 1 atom stereocenters. The Hall–Kier alpha value is -0.950. The van der Waals surface area contributed by atoms with E-state index in [9.17, 15) is 17.9 Å². The third kappa shape index (κ3) is 3.35. The van der Waals surface area contributed by atoms with Gasteiger partial charge in [-0.2, -0.15) is 4.31 Å². The average molecular weight is 348 g/mol. The second-order valence-corrected chi connectivity index (χ2v) is 7.98. The molecule has 0 radical (unpaired) electrons. The third-order valence-corrected chi connectivity index (χ3v) is 6.38. The number of hydrogen-bond acceptors (Lipinski definition) is 3. The van der Waals surface area contributed by atoms with Gasteiger partial charge in [0.1, 0.15) is 10.7 Å². The standard InChI is InChI=1S/C15H19ClFNO3S/c1-2-6-15(11-19)7-3-8-18(10-15)22(20,21)14-5-4-12(17)9-13(14)16/h2,4-5,9,19H,1,3,6-8,10-11H2/t15-/m1/s1. The maximum absolute atomic E-state index is 13.1. The number of sulfonamides is 1. The molecule has 1 fully saturated rings. The van der Waals surface area contributed by atoms with Crippen LogP contribution in [0.1, 0.15) is 19.3 Å². The van der Waals surface area contributed by atoms with E-state index in [4.69, 9.17) is 11.6 Å². The van der Waals surface area contributed by atoms with Crippen LogP contribution in [0.5, 0.6) is 0 Å². The first-order valence-corrected chi connectivity index (χ1v) is 8.83. The second-order valence-electron chi connectivity index (χ2n) is 5.67. The van der Waals surface area contributed by atoms with Gasteiger partial charge in [-0.15, -0.1) is 6.58 Å². The van der Waals surface area contributed by atoms with Crippen LogP contribution in [-0.4, -0.2) is 37.5 Å². The van der Waals surface area contributed by atoms with Crippen LogP contribution in [0.15, 0.2) is 35.7 Å². The molecule has 1 aromatic carbocycles. The fourth-order valence-electron chi connectivity index (χ4n) is 2.86. The molecule has 1 aliphatic heterocycles. The van der Waals surface area contributed by atoms with Crippen LogP contribution in [0.3, 0.4) is 0 Å². The molecule has 1 N–H and O–H groups in total. The number of halogens is 2. The lowest BCUT2D eigenvalue weighted by molar-refractivity contribution is 0.0669. The number of hydrogen-bond donors (Lipinski definition) is 1. The van der Waals surface area contributed by atoms with Gasteiger partial charge < -0.3 is 5.11 Å². The minimum Gasteiger partial charge on any atom is -0.396 e. The van der Waals surface area contributed by atoms with Crippen LogP contribution in [0.2, 0.25) is 5.02 Å². The molecular weight excluding hydrogens is 329 g/mol. The van der Waals surface area contributed by atoms with Crippen molar-refractivity contribution in [2.75, 3.05) is 19.7 Å². The Balaban J connectivity index is 2.34. The highest BCUT2D eigenvalue weighted by Gasteiger charge is 2.39. The predicted octanol–water partition coefficient (Wildman–Crippen LogP) is 2.82. The summed E-state index contributed by atoms with van der Waals surface area (Å²) in [4.78, 5) is -0.108. The lowest BCUT2D eigenvalue weighted by Gasteiger charge is -2.40. The fourth-order valence-corrected chi connectivity index (χ4v) is 4.95. The Morgan fingerprint density at radius 1 is 1.50 bits per heavy atom. The molecule has 4 nitrogen and oxygen atoms in total. The van der Waals surface area contributed by atoms with E-state index >= 15 is 0 Å². The molecule has 0 aliphatic carbocycles. The molecule has 0 spiro atoms. The minimum absolute atomic E-state index is 0.108. The van der Waals surface area contributed by atoms with E-state index in [1.54, 1.807) is 6.08 Å². The molecule has 22 heavy (non-hydrogen) atoms. The summed E-state index contributed by atoms with van der Waals surface area (Å²) in [7, 11) is -3.82. The summed E-state index contributed by atoms with van der Waals surface area (Å²) >= 11 is 5.89. The van der Waals surface area contributed by atoms with Crippen molar-refractivity contribution in [2.24, 2.45) is 5.41 Å². The quantitative estimate of drug-likeness (QED) is 0.833. The first-order valence-electron chi connectivity index (χ1n) is 7.02. The zero-order valence-corrected chi connectivity index (χ0v) is 13.7. The van der Waals surface area contributed by atoms with Crippen molar-refractivity contribution in [3.63, 3.8) is 0 Å². The number of aliphatic hydroxyl groups excluding tert-OH is 1. The van der Waals surface area contributed by atoms with Crippen molar-refractivity contribution < 1.29 is 17.9 Å². The lowest BCUT2D eigenvalue weighted by Crippen LogP contribution is -2.47. The van der Waals surface area contributed by atoms with Crippen molar-refractivity contribution in [1.29, 1.82) is 0 Å². The Morgan fingerprint density at radius 3 is 2.82 bits per heavy atom. The molecule has 1 heterocycles. The van der Waals surface area contributed by atoms with Crippen LogP contribution < -0.4 is 0 Å². The van der Waals surface area contributed by atoms with Gasteiger partial charge in [0, 0.05) is 18.5 Å². The lowest BCUT2D eigenvalue weighted by atomic mass is 9.79. The maximum atomic E-state index is 13.1. The van der Waals surface area contributed by atoms with Gasteiger partial charge in [-0.25, -0.2) is 12.8 Å². The van der Waals surface area contributed by atoms with Gasteiger partial charge in [0.25, 0.3) is 0 Å². The fraction of sp³-hybridized carbons (Fsp3) is 0.467. The molecule has 0 unspecified atom stereocenters. The highest BCUT2D eigenvalue weighted by atomic mass is 35.5. The van der Waals surface area contributed by atoms with Gasteiger partial charge >= 0.3 is 0 Å². The Morgan fingerprint density at radius 2 is 2.23 bits per heavy atom. The van der Waals surface area contributed by atoms with Gasteiger partial charge in [-0.1, -0.05) is 17.7 Å². The Bertz CT molecular complexity index is 665. The Labute approximate surface area is 135 Å². The molecule has 1 aliphatic rings. The molecule has 1 saturated heterocycles. The van der Waals surface area contributed by atoms with Crippen molar-refractivity contribution in [3.8, 4) is 0 Å². The molecule has 7 heteroatoms. The molecule has 1 aromatic rings. The maximum Gasteiger partial charge on any atom is 0.244 e. The number of aliphatic hydroxyl groups is 1. The second kappa shape index (κ2) is 6.66. The van der Waals surface area contributed by atoms with Crippen LogP contribution in [0.4, 0.5) is 4.39 Å². The molecule has 0 aromatic heterocycles. The van der Waals surface area contributed by atoms with Crippen LogP contribution in [-0.2, 0) is 10.0 Å². The van der Waals surface area contributed by atoms with Crippen molar-refractivity contribution >= 4 is 21.6 Å². The van der Waals surface area contributed by atoms with E-state index in [0.29, 0.717) is 19.4 Å².